The third-order valence-electron chi connectivity index (χ3n) is 5.66. The number of para-hydroxylation sites is 1. The molecule has 4 nitrogen and oxygen atoms in total. The lowest BCUT2D eigenvalue weighted by Crippen LogP contribution is -2.44. The molecule has 3 unspecified atom stereocenters. The minimum Gasteiger partial charge on any atom is -0.481 e. The van der Waals surface area contributed by atoms with E-state index >= 15 is 0 Å². The summed E-state index contributed by atoms with van der Waals surface area (Å²) in [7, 11) is 0. The SMILES string of the molecule is C=CC1CN(CCc2cc3ccccc3[nH]2)CCC1C(CC)C(=O)O. The van der Waals surface area contributed by atoms with Crippen LogP contribution in [-0.2, 0) is 11.2 Å². The molecule has 0 aliphatic carbocycles. The minimum absolute atomic E-state index is 0.212. The molecule has 0 spiro atoms. The highest BCUT2D eigenvalue weighted by atomic mass is 16.4. The first-order valence-electron chi connectivity index (χ1n) is 9.26. The normalized spacial score (nSPS) is 22.8. The van der Waals surface area contributed by atoms with Crippen LogP contribution in [0.2, 0.25) is 0 Å². The van der Waals surface area contributed by atoms with E-state index in [4.69, 9.17) is 0 Å². The van der Waals surface area contributed by atoms with Crippen LogP contribution < -0.4 is 0 Å². The van der Waals surface area contributed by atoms with Gasteiger partial charge >= 0.3 is 5.97 Å². The fourth-order valence-corrected chi connectivity index (χ4v) is 4.23. The molecule has 2 heterocycles. The van der Waals surface area contributed by atoms with Crippen molar-refractivity contribution in [2.45, 2.75) is 26.2 Å². The van der Waals surface area contributed by atoms with E-state index in [1.807, 2.05) is 13.0 Å². The van der Waals surface area contributed by atoms with E-state index in [-0.39, 0.29) is 17.8 Å². The smallest absolute Gasteiger partial charge is 0.306 e. The number of nitrogens with zero attached hydrogens (tertiary/aromatic N) is 1. The van der Waals surface area contributed by atoms with Crippen molar-refractivity contribution in [2.75, 3.05) is 19.6 Å². The van der Waals surface area contributed by atoms with Gasteiger partial charge in [-0.1, -0.05) is 31.2 Å². The zero-order valence-corrected chi connectivity index (χ0v) is 14.9. The number of carboxylic acid groups (broad SMARTS) is 1. The van der Waals surface area contributed by atoms with Gasteiger partial charge in [-0.3, -0.25) is 4.79 Å². The molecular formula is C21H28N2O2. The van der Waals surface area contributed by atoms with Crippen LogP contribution in [-0.4, -0.2) is 40.6 Å². The molecule has 1 aliphatic heterocycles. The average molecular weight is 340 g/mol. The van der Waals surface area contributed by atoms with Crippen molar-refractivity contribution in [3.63, 3.8) is 0 Å². The Hall–Kier alpha value is -2.07. The molecule has 134 valence electrons. The highest BCUT2D eigenvalue weighted by molar-refractivity contribution is 5.80. The van der Waals surface area contributed by atoms with Crippen molar-refractivity contribution in [1.29, 1.82) is 0 Å². The zero-order chi connectivity index (χ0) is 17.8. The number of likely N-dealkylation sites (tertiary alicyclic amines) is 1. The molecule has 4 heteroatoms. The number of hydrogen-bond acceptors (Lipinski definition) is 2. The van der Waals surface area contributed by atoms with Gasteiger partial charge < -0.3 is 15.0 Å². The molecule has 1 aromatic carbocycles. The van der Waals surface area contributed by atoms with Gasteiger partial charge in [0, 0.05) is 30.7 Å². The second kappa shape index (κ2) is 7.87. The first kappa shape index (κ1) is 17.7. The summed E-state index contributed by atoms with van der Waals surface area (Å²) in [5.41, 5.74) is 2.45. The first-order chi connectivity index (χ1) is 12.1. The van der Waals surface area contributed by atoms with Crippen LogP contribution in [0.4, 0.5) is 0 Å². The maximum absolute atomic E-state index is 11.5. The van der Waals surface area contributed by atoms with Crippen LogP contribution >= 0.6 is 0 Å². The van der Waals surface area contributed by atoms with Gasteiger partial charge in [-0.05, 0) is 48.7 Å². The summed E-state index contributed by atoms with van der Waals surface area (Å²) < 4.78 is 0. The van der Waals surface area contributed by atoms with E-state index in [0.717, 1.165) is 32.5 Å². The summed E-state index contributed by atoms with van der Waals surface area (Å²) in [4.78, 5) is 17.5. The number of nitrogens with one attached hydrogen (secondary N) is 1. The predicted octanol–water partition coefficient (Wildman–Crippen LogP) is 3.95. The number of aliphatic carboxylic acids is 1. The van der Waals surface area contributed by atoms with E-state index in [1.165, 1.54) is 16.6 Å². The highest BCUT2D eigenvalue weighted by Gasteiger charge is 2.35. The van der Waals surface area contributed by atoms with Gasteiger partial charge in [0.05, 0.1) is 5.92 Å². The van der Waals surface area contributed by atoms with Gasteiger partial charge in [-0.25, -0.2) is 0 Å². The first-order valence-corrected chi connectivity index (χ1v) is 9.26. The molecule has 2 N–H and O–H groups in total. The molecule has 1 aliphatic rings. The molecule has 3 rings (SSSR count). The van der Waals surface area contributed by atoms with Gasteiger partial charge in [0.25, 0.3) is 0 Å². The van der Waals surface area contributed by atoms with Crippen LogP contribution in [0.25, 0.3) is 10.9 Å². The quantitative estimate of drug-likeness (QED) is 0.751. The fourth-order valence-electron chi connectivity index (χ4n) is 4.23. The molecule has 0 saturated carbocycles. The fraction of sp³-hybridized carbons (Fsp3) is 0.476. The number of fused-ring (bicyclic) bond motifs is 1. The van der Waals surface area contributed by atoms with Crippen molar-refractivity contribution in [3.05, 3.63) is 48.7 Å². The number of rotatable bonds is 7. The number of H-pyrrole nitrogens is 1. The number of carboxylic acids is 1. The van der Waals surface area contributed by atoms with Crippen LogP contribution in [0.5, 0.6) is 0 Å². The third-order valence-corrected chi connectivity index (χ3v) is 5.66. The summed E-state index contributed by atoms with van der Waals surface area (Å²) in [5, 5.41) is 10.7. The maximum Gasteiger partial charge on any atom is 0.306 e. The van der Waals surface area contributed by atoms with Gasteiger partial charge in [-0.15, -0.1) is 6.58 Å². The van der Waals surface area contributed by atoms with Crippen LogP contribution in [0, 0.1) is 17.8 Å². The van der Waals surface area contributed by atoms with Crippen LogP contribution in [0.15, 0.2) is 43.0 Å². The molecule has 25 heavy (non-hydrogen) atoms. The number of aromatic amines is 1. The molecule has 0 bridgehead atoms. The van der Waals surface area contributed by atoms with Gasteiger partial charge in [0.15, 0.2) is 0 Å². The topological polar surface area (TPSA) is 56.3 Å². The Morgan fingerprint density at radius 1 is 1.48 bits per heavy atom. The number of carbonyl (C=O) groups is 1. The Bertz CT molecular complexity index is 703. The zero-order valence-electron chi connectivity index (χ0n) is 14.9. The summed E-state index contributed by atoms with van der Waals surface area (Å²) in [6.07, 6.45) is 4.58. The predicted molar refractivity (Wildman–Crippen MR) is 102 cm³/mol. The Balaban J connectivity index is 1.59. The largest absolute Gasteiger partial charge is 0.481 e. The molecule has 3 atom stereocenters. The Labute approximate surface area is 149 Å². The van der Waals surface area contributed by atoms with E-state index in [1.54, 1.807) is 0 Å². The van der Waals surface area contributed by atoms with Crippen molar-refractivity contribution < 1.29 is 9.90 Å². The van der Waals surface area contributed by atoms with Gasteiger partial charge in [-0.2, -0.15) is 0 Å². The lowest BCUT2D eigenvalue weighted by molar-refractivity contribution is -0.145. The van der Waals surface area contributed by atoms with Crippen molar-refractivity contribution >= 4 is 16.9 Å². The Kier molecular flexibility index (Phi) is 5.59. The van der Waals surface area contributed by atoms with Crippen molar-refractivity contribution in [2.24, 2.45) is 17.8 Å². The molecule has 0 amide bonds. The van der Waals surface area contributed by atoms with Gasteiger partial charge in [0.2, 0.25) is 0 Å². The average Bonchev–Trinajstić information content (AvgIpc) is 3.04. The number of aromatic nitrogens is 1. The lowest BCUT2D eigenvalue weighted by atomic mass is 9.75. The number of benzene rings is 1. The van der Waals surface area contributed by atoms with Crippen LogP contribution in [0.1, 0.15) is 25.5 Å². The van der Waals surface area contributed by atoms with Crippen LogP contribution in [0.3, 0.4) is 0 Å². The second-order valence-electron chi connectivity index (χ2n) is 7.14. The summed E-state index contributed by atoms with van der Waals surface area (Å²) in [6, 6.07) is 10.6. The Morgan fingerprint density at radius 3 is 2.96 bits per heavy atom. The molecule has 1 fully saturated rings. The third kappa shape index (κ3) is 3.96. The maximum atomic E-state index is 11.5. The summed E-state index contributed by atoms with van der Waals surface area (Å²) >= 11 is 0. The van der Waals surface area contributed by atoms with E-state index in [9.17, 15) is 9.90 Å². The number of hydrogen-bond donors (Lipinski definition) is 2. The van der Waals surface area contributed by atoms with E-state index in [0.29, 0.717) is 6.42 Å². The molecular weight excluding hydrogens is 312 g/mol. The standard InChI is InChI=1S/C21H28N2O2/c1-3-15-14-23(12-10-19(15)18(4-2)21(24)25)11-9-17-13-16-7-5-6-8-20(16)22-17/h3,5-8,13,15,18-19,22H,1,4,9-12,14H2,2H3,(H,24,25). The Morgan fingerprint density at radius 2 is 2.28 bits per heavy atom. The molecule has 0 radical (unpaired) electrons. The van der Waals surface area contributed by atoms with Crippen molar-refractivity contribution in [3.8, 4) is 0 Å². The second-order valence-corrected chi connectivity index (χ2v) is 7.14. The minimum atomic E-state index is -0.661. The monoisotopic (exact) mass is 340 g/mol. The van der Waals surface area contributed by atoms with E-state index in [2.05, 4.69) is 46.8 Å². The summed E-state index contributed by atoms with van der Waals surface area (Å²) in [5.74, 6) is -0.438. The molecule has 1 aromatic heterocycles. The molecule has 2 aromatic rings. The highest BCUT2D eigenvalue weighted by Crippen LogP contribution is 2.33. The van der Waals surface area contributed by atoms with Crippen molar-refractivity contribution in [1.82, 2.24) is 9.88 Å². The lowest BCUT2D eigenvalue weighted by Gasteiger charge is -2.39. The van der Waals surface area contributed by atoms with Gasteiger partial charge in [0.1, 0.15) is 0 Å². The number of piperidine rings is 1. The molecule has 1 saturated heterocycles. The van der Waals surface area contributed by atoms with E-state index < -0.39 is 5.97 Å². The summed E-state index contributed by atoms with van der Waals surface area (Å²) in [6.45, 7) is 8.82.